The van der Waals surface area contributed by atoms with E-state index < -0.39 is 70.8 Å². The van der Waals surface area contributed by atoms with E-state index in [4.69, 9.17) is 58.5 Å². The van der Waals surface area contributed by atoms with Crippen LogP contribution >= 0.6 is 34.8 Å². The molecule has 1 N–H and O–H groups in total. The summed E-state index contributed by atoms with van der Waals surface area (Å²) in [6.45, 7) is 3.85. The Balaban J connectivity index is 3.39. The molecule has 170 valence electrons. The highest BCUT2D eigenvalue weighted by Gasteiger charge is 2.53. The van der Waals surface area contributed by atoms with Crippen molar-refractivity contribution < 1.29 is 47.7 Å². The molecular weight excluding hydrogens is 473 g/mol. The number of hydrogen-bond donors (Lipinski definition) is 1. The molecule has 30 heavy (non-hydrogen) atoms. The molecule has 5 atom stereocenters. The van der Waals surface area contributed by atoms with Gasteiger partial charge in [-0.15, -0.1) is 0 Å². The van der Waals surface area contributed by atoms with E-state index >= 15 is 0 Å². The Morgan fingerprint density at radius 1 is 0.833 bits per heavy atom. The summed E-state index contributed by atoms with van der Waals surface area (Å²) in [5.74, 6) is -4.30. The topological polar surface area (TPSA) is 144 Å². The highest BCUT2D eigenvalue weighted by Crippen LogP contribution is 2.31. The van der Waals surface area contributed by atoms with Gasteiger partial charge in [0.25, 0.3) is 9.70 Å². The zero-order valence-electron chi connectivity index (χ0n) is 16.3. The van der Waals surface area contributed by atoms with Crippen LogP contribution < -0.4 is 5.32 Å². The molecule has 1 heterocycles. The Bertz CT molecular complexity index is 695. The van der Waals surface area contributed by atoms with Gasteiger partial charge in [0.15, 0.2) is 12.2 Å². The zero-order chi connectivity index (χ0) is 23.2. The Kier molecular flexibility index (Phi) is 9.60. The number of ether oxygens (including phenoxy) is 5. The first-order chi connectivity index (χ1) is 13.7. The minimum atomic E-state index is -2.42. The van der Waals surface area contributed by atoms with Crippen molar-refractivity contribution in [3.63, 3.8) is 0 Å². The second-order valence-electron chi connectivity index (χ2n) is 6.10. The van der Waals surface area contributed by atoms with Crippen LogP contribution in [-0.4, -0.2) is 70.8 Å². The van der Waals surface area contributed by atoms with Crippen LogP contribution in [0.3, 0.4) is 0 Å². The maximum Gasteiger partial charge on any atom is 0.305 e. The zero-order valence-corrected chi connectivity index (χ0v) is 18.6. The Hall–Kier alpha value is -1.82. The van der Waals surface area contributed by atoms with E-state index in [0.717, 1.165) is 27.7 Å². The van der Waals surface area contributed by atoms with Crippen molar-refractivity contribution in [2.24, 2.45) is 0 Å². The molecule has 1 aliphatic heterocycles. The molecule has 1 aliphatic rings. The molecule has 0 aromatic heterocycles. The summed E-state index contributed by atoms with van der Waals surface area (Å²) < 4.78 is 23.5. The Labute approximate surface area is 186 Å². The van der Waals surface area contributed by atoms with Gasteiger partial charge >= 0.3 is 23.9 Å². The van der Waals surface area contributed by atoms with Crippen molar-refractivity contribution in [2.45, 2.75) is 62.1 Å². The molecule has 1 saturated heterocycles. The van der Waals surface area contributed by atoms with Crippen LogP contribution in [-0.2, 0) is 47.7 Å². The number of halogens is 3. The molecule has 0 aromatic carbocycles. The lowest BCUT2D eigenvalue weighted by Gasteiger charge is -2.44. The number of alkyl halides is 3. The van der Waals surface area contributed by atoms with Crippen LogP contribution in [0.15, 0.2) is 0 Å². The van der Waals surface area contributed by atoms with Crippen LogP contribution in [0.4, 0.5) is 0 Å². The summed E-state index contributed by atoms with van der Waals surface area (Å²) in [7, 11) is 0. The van der Waals surface area contributed by atoms with Gasteiger partial charge in [0, 0.05) is 27.7 Å². The first kappa shape index (κ1) is 26.2. The summed E-state index contributed by atoms with van der Waals surface area (Å²) in [6.07, 6.45) is -5.64. The number of esters is 4. The minimum absolute atomic E-state index is 0.450. The molecule has 1 rings (SSSR count). The summed E-state index contributed by atoms with van der Waals surface area (Å²) in [5, 5.41) is 2.25. The fourth-order valence-corrected chi connectivity index (χ4v) is 2.72. The van der Waals surface area contributed by atoms with Crippen molar-refractivity contribution in [2.75, 3.05) is 6.61 Å². The van der Waals surface area contributed by atoms with E-state index in [-0.39, 0.29) is 0 Å². The molecule has 1 fully saturated rings. The van der Waals surface area contributed by atoms with Crippen molar-refractivity contribution in [3.05, 3.63) is 0 Å². The van der Waals surface area contributed by atoms with Gasteiger partial charge in [0.05, 0.1) is 0 Å². The van der Waals surface area contributed by atoms with E-state index in [1.807, 2.05) is 0 Å². The number of carbonyl (C=O) groups excluding carboxylic acids is 5. The smallest absolute Gasteiger partial charge is 0.305 e. The number of hydrogen-bond acceptors (Lipinski definition) is 10. The molecule has 0 radical (unpaired) electrons. The molecule has 0 spiro atoms. The van der Waals surface area contributed by atoms with Gasteiger partial charge < -0.3 is 29.0 Å². The van der Waals surface area contributed by atoms with E-state index in [9.17, 15) is 24.0 Å². The molecule has 0 aliphatic carbocycles. The summed E-state index contributed by atoms with van der Waals surface area (Å²) >= 11 is 16.7. The Morgan fingerprint density at radius 3 is 1.77 bits per heavy atom. The minimum Gasteiger partial charge on any atom is -0.463 e. The number of nitrogens with one attached hydrogen (secondary N) is 1. The van der Waals surface area contributed by atoms with E-state index in [1.54, 1.807) is 0 Å². The predicted octanol–water partition coefficient (Wildman–Crippen LogP) is 0.556. The molecule has 0 saturated carbocycles. The van der Waals surface area contributed by atoms with Crippen LogP contribution in [0.25, 0.3) is 0 Å². The van der Waals surface area contributed by atoms with Crippen molar-refractivity contribution >= 4 is 64.6 Å². The van der Waals surface area contributed by atoms with Crippen molar-refractivity contribution in [1.82, 2.24) is 5.32 Å². The highest BCUT2D eigenvalue weighted by molar-refractivity contribution is 6.76. The molecule has 0 bridgehead atoms. The number of amides is 1. The third kappa shape index (κ3) is 8.13. The van der Waals surface area contributed by atoms with Crippen LogP contribution in [0.2, 0.25) is 0 Å². The highest BCUT2D eigenvalue weighted by atomic mass is 35.6. The quantitative estimate of drug-likeness (QED) is 0.317. The lowest BCUT2D eigenvalue weighted by molar-refractivity contribution is -0.271. The SMILES string of the molecule is CC(=O)OC[C@H]1O[C@@H](OC(C)=O)[C@@H](NC(=O)C(Cl)(Cl)Cl)[C@@H](OC(C)=O)[C@H]1OC(C)=O. The van der Waals surface area contributed by atoms with Crippen LogP contribution in [0, 0.1) is 0 Å². The van der Waals surface area contributed by atoms with E-state index in [1.165, 1.54) is 0 Å². The Morgan fingerprint density at radius 2 is 1.33 bits per heavy atom. The molecule has 0 unspecified atom stereocenters. The van der Waals surface area contributed by atoms with Crippen LogP contribution in [0.1, 0.15) is 27.7 Å². The number of carbonyl (C=O) groups is 5. The second kappa shape index (κ2) is 11.0. The second-order valence-corrected chi connectivity index (χ2v) is 8.38. The van der Waals surface area contributed by atoms with Gasteiger partial charge in [0.1, 0.15) is 18.8 Å². The molecule has 14 heteroatoms. The number of rotatable bonds is 6. The van der Waals surface area contributed by atoms with Gasteiger partial charge in [-0.05, 0) is 0 Å². The molecule has 1 amide bonds. The molecule has 11 nitrogen and oxygen atoms in total. The standard InChI is InChI=1S/C16H20Cl3NO10/c1-6(21)26-5-10-12(27-7(2)22)13(28-8(3)23)11(14(30-10)29-9(4)24)20-15(25)16(17,18)19/h10-14H,5H2,1-4H3,(H,20,25)/t10-,11+,12+,13-,14-/m1/s1. The first-order valence-corrected chi connectivity index (χ1v) is 9.54. The maximum absolute atomic E-state index is 12.2. The van der Waals surface area contributed by atoms with Gasteiger partial charge in [0.2, 0.25) is 6.29 Å². The fourth-order valence-electron chi connectivity index (χ4n) is 2.55. The summed E-state index contributed by atoms with van der Waals surface area (Å²) in [4.78, 5) is 58.2. The van der Waals surface area contributed by atoms with Crippen molar-refractivity contribution in [1.29, 1.82) is 0 Å². The lowest BCUT2D eigenvalue weighted by Crippen LogP contribution is -2.67. The predicted molar refractivity (Wildman–Crippen MR) is 100 cm³/mol. The van der Waals surface area contributed by atoms with Crippen molar-refractivity contribution in [3.8, 4) is 0 Å². The molecule has 0 aromatic rings. The monoisotopic (exact) mass is 491 g/mol. The summed E-state index contributed by atoms with van der Waals surface area (Å²) in [5.41, 5.74) is 0. The van der Waals surface area contributed by atoms with Gasteiger partial charge in [-0.3, -0.25) is 24.0 Å². The average Bonchev–Trinajstić information content (AvgIpc) is 2.56. The van der Waals surface area contributed by atoms with Gasteiger partial charge in [-0.1, -0.05) is 34.8 Å². The first-order valence-electron chi connectivity index (χ1n) is 8.40. The normalized spacial score (nSPS) is 26.2. The maximum atomic E-state index is 12.2. The van der Waals surface area contributed by atoms with E-state index in [2.05, 4.69) is 5.32 Å². The fraction of sp³-hybridized carbons (Fsp3) is 0.688. The lowest BCUT2D eigenvalue weighted by atomic mass is 9.96. The van der Waals surface area contributed by atoms with Gasteiger partial charge in [-0.25, -0.2) is 0 Å². The van der Waals surface area contributed by atoms with E-state index in [0.29, 0.717) is 0 Å². The summed E-state index contributed by atoms with van der Waals surface area (Å²) in [6, 6.07) is -1.45. The third-order valence-corrected chi connectivity index (χ3v) is 4.05. The third-order valence-electron chi connectivity index (χ3n) is 3.54. The molecular formula is C16H20Cl3NO10. The largest absolute Gasteiger partial charge is 0.463 e. The van der Waals surface area contributed by atoms with Gasteiger partial charge in [-0.2, -0.15) is 0 Å². The van der Waals surface area contributed by atoms with Crippen LogP contribution in [0.5, 0.6) is 0 Å². The average molecular weight is 493 g/mol.